The first-order valence-electron chi connectivity index (χ1n) is 9.75. The summed E-state index contributed by atoms with van der Waals surface area (Å²) < 4.78 is 10.9. The molecule has 0 fully saturated rings. The van der Waals surface area contributed by atoms with Crippen LogP contribution in [0.4, 0.5) is 5.69 Å². The Morgan fingerprint density at radius 2 is 2.10 bits per heavy atom. The van der Waals surface area contributed by atoms with Gasteiger partial charge in [0.1, 0.15) is 12.4 Å². The minimum absolute atomic E-state index is 0.148. The van der Waals surface area contributed by atoms with E-state index in [1.54, 1.807) is 30.3 Å². The number of halogens is 1. The Morgan fingerprint density at radius 3 is 2.93 bits per heavy atom. The van der Waals surface area contributed by atoms with Gasteiger partial charge in [0.05, 0.1) is 5.92 Å². The van der Waals surface area contributed by atoms with Crippen LogP contribution in [-0.2, 0) is 16.0 Å². The summed E-state index contributed by atoms with van der Waals surface area (Å²) in [4.78, 5) is 25.0. The zero-order valence-electron chi connectivity index (χ0n) is 16.4. The second kappa shape index (κ2) is 10.3. The lowest BCUT2D eigenvalue weighted by Crippen LogP contribution is -2.32. The van der Waals surface area contributed by atoms with E-state index in [0.717, 1.165) is 17.7 Å². The molecular formula is C22H25ClN2O4. The fourth-order valence-electron chi connectivity index (χ4n) is 3.14. The van der Waals surface area contributed by atoms with Gasteiger partial charge in [0.2, 0.25) is 5.91 Å². The third-order valence-electron chi connectivity index (χ3n) is 4.65. The van der Waals surface area contributed by atoms with Gasteiger partial charge in [-0.1, -0.05) is 17.7 Å². The van der Waals surface area contributed by atoms with Gasteiger partial charge in [-0.15, -0.1) is 0 Å². The smallest absolute Gasteiger partial charge is 0.251 e. The van der Waals surface area contributed by atoms with E-state index < -0.39 is 0 Å². The predicted molar refractivity (Wildman–Crippen MR) is 113 cm³/mol. The van der Waals surface area contributed by atoms with Gasteiger partial charge in [0.15, 0.2) is 0 Å². The molecule has 2 N–H and O–H groups in total. The summed E-state index contributed by atoms with van der Waals surface area (Å²) >= 11 is 6.04. The number of rotatable bonds is 8. The SMILES string of the molecule is CCOCCCNC(=O)c1cccc(NC(=O)C2COc3ccc(Cl)cc3C2)c1. The Labute approximate surface area is 175 Å². The highest BCUT2D eigenvalue weighted by Crippen LogP contribution is 2.30. The largest absolute Gasteiger partial charge is 0.492 e. The third kappa shape index (κ3) is 5.95. The molecule has 2 aromatic carbocycles. The quantitative estimate of drug-likeness (QED) is 0.643. The van der Waals surface area contributed by atoms with Gasteiger partial charge in [0, 0.05) is 36.0 Å². The van der Waals surface area contributed by atoms with Gasteiger partial charge in [-0.3, -0.25) is 9.59 Å². The molecule has 2 amide bonds. The van der Waals surface area contributed by atoms with E-state index in [1.807, 2.05) is 19.1 Å². The van der Waals surface area contributed by atoms with Crippen LogP contribution in [0.1, 0.15) is 29.3 Å². The molecule has 1 aliphatic heterocycles. The van der Waals surface area contributed by atoms with Crippen molar-refractivity contribution in [3.05, 3.63) is 58.6 Å². The monoisotopic (exact) mass is 416 g/mol. The summed E-state index contributed by atoms with van der Waals surface area (Å²) in [6, 6.07) is 12.3. The number of carbonyl (C=O) groups excluding carboxylic acids is 2. The highest BCUT2D eigenvalue weighted by atomic mass is 35.5. The van der Waals surface area contributed by atoms with Gasteiger partial charge in [-0.25, -0.2) is 0 Å². The first-order chi connectivity index (χ1) is 14.1. The molecule has 0 saturated heterocycles. The first-order valence-corrected chi connectivity index (χ1v) is 10.1. The Bertz CT molecular complexity index is 872. The summed E-state index contributed by atoms with van der Waals surface area (Å²) in [6.07, 6.45) is 1.31. The Morgan fingerprint density at radius 1 is 1.24 bits per heavy atom. The number of anilines is 1. The van der Waals surface area contributed by atoms with E-state index in [-0.39, 0.29) is 17.7 Å². The molecule has 0 bridgehead atoms. The number of ether oxygens (including phenoxy) is 2. The van der Waals surface area contributed by atoms with Crippen LogP contribution in [0.15, 0.2) is 42.5 Å². The van der Waals surface area contributed by atoms with Gasteiger partial charge in [-0.05, 0) is 61.7 Å². The number of amides is 2. The fourth-order valence-corrected chi connectivity index (χ4v) is 3.33. The molecule has 154 valence electrons. The molecule has 29 heavy (non-hydrogen) atoms. The first kappa shape index (κ1) is 21.1. The number of hydrogen-bond donors (Lipinski definition) is 2. The summed E-state index contributed by atoms with van der Waals surface area (Å²) in [5.41, 5.74) is 1.99. The molecule has 0 radical (unpaired) electrons. The standard InChI is InChI=1S/C22H25ClN2O4/c1-2-28-10-4-9-24-21(26)15-5-3-6-19(13-15)25-22(27)17-11-16-12-18(23)7-8-20(16)29-14-17/h3,5-8,12-13,17H,2,4,9-11,14H2,1H3,(H,24,26)(H,25,27). The van der Waals surface area contributed by atoms with Crippen molar-refractivity contribution < 1.29 is 19.1 Å². The molecule has 3 rings (SSSR count). The van der Waals surface area contributed by atoms with Crippen LogP contribution in [0.25, 0.3) is 0 Å². The van der Waals surface area contributed by atoms with Crippen molar-refractivity contribution in [1.82, 2.24) is 5.32 Å². The van der Waals surface area contributed by atoms with Gasteiger partial charge in [-0.2, -0.15) is 0 Å². The summed E-state index contributed by atoms with van der Waals surface area (Å²) in [6.45, 7) is 4.06. The van der Waals surface area contributed by atoms with Crippen molar-refractivity contribution in [1.29, 1.82) is 0 Å². The highest BCUT2D eigenvalue weighted by Gasteiger charge is 2.26. The predicted octanol–water partition coefficient (Wildman–Crippen LogP) is 3.69. The number of benzene rings is 2. The summed E-state index contributed by atoms with van der Waals surface area (Å²) in [5, 5.41) is 6.36. The Balaban J connectivity index is 1.56. The van der Waals surface area contributed by atoms with Crippen molar-refractivity contribution in [3.8, 4) is 5.75 Å². The van der Waals surface area contributed by atoms with Crippen molar-refractivity contribution >= 4 is 29.1 Å². The molecule has 0 saturated carbocycles. The number of nitrogens with one attached hydrogen (secondary N) is 2. The van der Waals surface area contributed by atoms with E-state index >= 15 is 0 Å². The second-order valence-corrected chi connectivity index (χ2v) is 7.28. The maximum Gasteiger partial charge on any atom is 0.251 e. The second-order valence-electron chi connectivity index (χ2n) is 6.84. The molecule has 1 atom stereocenters. The van der Waals surface area contributed by atoms with Crippen LogP contribution in [0, 0.1) is 5.92 Å². The lowest BCUT2D eigenvalue weighted by atomic mass is 9.96. The average Bonchev–Trinajstić information content (AvgIpc) is 2.73. The van der Waals surface area contributed by atoms with Crippen molar-refractivity contribution in [2.45, 2.75) is 19.8 Å². The molecule has 1 aliphatic rings. The molecule has 6 nitrogen and oxygen atoms in total. The van der Waals surface area contributed by atoms with Gasteiger partial charge >= 0.3 is 0 Å². The topological polar surface area (TPSA) is 76.7 Å². The molecular weight excluding hydrogens is 392 g/mol. The molecule has 1 unspecified atom stereocenters. The maximum atomic E-state index is 12.7. The minimum Gasteiger partial charge on any atom is -0.492 e. The van der Waals surface area contributed by atoms with Crippen LogP contribution in [0.5, 0.6) is 5.75 Å². The summed E-state index contributed by atoms with van der Waals surface area (Å²) in [7, 11) is 0. The fraction of sp³-hybridized carbons (Fsp3) is 0.364. The molecule has 7 heteroatoms. The van der Waals surface area contributed by atoms with Crippen LogP contribution in [0.2, 0.25) is 5.02 Å². The lowest BCUT2D eigenvalue weighted by Gasteiger charge is -2.24. The molecule has 2 aromatic rings. The minimum atomic E-state index is -0.322. The van der Waals surface area contributed by atoms with Crippen molar-refractivity contribution in [3.63, 3.8) is 0 Å². The third-order valence-corrected chi connectivity index (χ3v) is 4.88. The summed E-state index contributed by atoms with van der Waals surface area (Å²) in [5.74, 6) is 0.116. The van der Waals surface area contributed by atoms with E-state index in [4.69, 9.17) is 21.1 Å². The maximum absolute atomic E-state index is 12.7. The number of hydrogen-bond acceptors (Lipinski definition) is 4. The Kier molecular flexibility index (Phi) is 7.49. The van der Waals surface area contributed by atoms with Crippen LogP contribution < -0.4 is 15.4 Å². The van der Waals surface area contributed by atoms with Gasteiger partial charge in [0.25, 0.3) is 5.91 Å². The highest BCUT2D eigenvalue weighted by molar-refractivity contribution is 6.30. The number of fused-ring (bicyclic) bond motifs is 1. The van der Waals surface area contributed by atoms with E-state index in [0.29, 0.717) is 49.1 Å². The zero-order chi connectivity index (χ0) is 20.6. The number of carbonyl (C=O) groups is 2. The molecule has 0 aromatic heterocycles. The normalized spacial score (nSPS) is 15.2. The average molecular weight is 417 g/mol. The molecule has 0 spiro atoms. The zero-order valence-corrected chi connectivity index (χ0v) is 17.1. The van der Waals surface area contributed by atoms with Crippen LogP contribution in [-0.4, -0.2) is 38.2 Å². The van der Waals surface area contributed by atoms with E-state index in [1.165, 1.54) is 0 Å². The van der Waals surface area contributed by atoms with E-state index in [9.17, 15) is 9.59 Å². The van der Waals surface area contributed by atoms with Crippen molar-refractivity contribution in [2.75, 3.05) is 31.7 Å². The van der Waals surface area contributed by atoms with Gasteiger partial charge < -0.3 is 20.1 Å². The molecule has 0 aliphatic carbocycles. The molecule has 1 heterocycles. The lowest BCUT2D eigenvalue weighted by molar-refractivity contribution is -0.121. The van der Waals surface area contributed by atoms with Crippen LogP contribution >= 0.6 is 11.6 Å². The Hall–Kier alpha value is -2.57. The van der Waals surface area contributed by atoms with Crippen LogP contribution in [0.3, 0.4) is 0 Å². The van der Waals surface area contributed by atoms with E-state index in [2.05, 4.69) is 10.6 Å². The van der Waals surface area contributed by atoms with Crippen molar-refractivity contribution in [2.24, 2.45) is 5.92 Å².